The lowest BCUT2D eigenvalue weighted by atomic mass is 10.0. The molecule has 2 N–H and O–H groups in total. The highest BCUT2D eigenvalue weighted by Gasteiger charge is 2.14. The summed E-state index contributed by atoms with van der Waals surface area (Å²) in [6, 6.07) is -0.0597. The average molecular weight is 235 g/mol. The molecule has 0 amide bonds. The molecule has 92 valence electrons. The van der Waals surface area contributed by atoms with Crippen LogP contribution in [0.5, 0.6) is 0 Å². The molecule has 6 nitrogen and oxygen atoms in total. The summed E-state index contributed by atoms with van der Waals surface area (Å²) in [6.07, 6.45) is 5.72. The summed E-state index contributed by atoms with van der Waals surface area (Å²) in [6.45, 7) is 4.60. The van der Waals surface area contributed by atoms with Crippen LogP contribution in [0.15, 0.2) is 23.4 Å². The lowest BCUT2D eigenvalue weighted by Gasteiger charge is -2.17. The fourth-order valence-electron chi connectivity index (χ4n) is 1.68. The Bertz CT molecular complexity index is 558. The first kappa shape index (κ1) is 11.8. The third kappa shape index (κ3) is 2.21. The molecule has 0 aliphatic rings. The minimum Gasteiger partial charge on any atom is -0.326 e. The van der Waals surface area contributed by atoms with Crippen molar-refractivity contribution in [3.05, 3.63) is 29.1 Å². The van der Waals surface area contributed by atoms with E-state index < -0.39 is 0 Å². The van der Waals surface area contributed by atoms with E-state index in [0.717, 1.165) is 6.42 Å². The molecule has 2 heterocycles. The molecular weight excluding hydrogens is 218 g/mol. The Balaban J connectivity index is 2.31. The van der Waals surface area contributed by atoms with E-state index in [2.05, 4.69) is 23.9 Å². The second-order valence-corrected chi connectivity index (χ2v) is 4.32. The number of rotatable bonds is 4. The quantitative estimate of drug-likeness (QED) is 0.824. The number of aromatic nitrogens is 4. The fourth-order valence-corrected chi connectivity index (χ4v) is 1.68. The summed E-state index contributed by atoms with van der Waals surface area (Å²) in [5, 5.41) is 4.19. The van der Waals surface area contributed by atoms with Crippen molar-refractivity contribution in [3.63, 3.8) is 0 Å². The van der Waals surface area contributed by atoms with Gasteiger partial charge in [0.25, 0.3) is 0 Å². The summed E-state index contributed by atoms with van der Waals surface area (Å²) < 4.78 is 2.88. The highest BCUT2D eigenvalue weighted by molar-refractivity contribution is 5.31. The highest BCUT2D eigenvalue weighted by atomic mass is 16.2. The first-order chi connectivity index (χ1) is 8.13. The molecule has 0 bridgehead atoms. The number of fused-ring (bicyclic) bond motifs is 1. The summed E-state index contributed by atoms with van der Waals surface area (Å²) in [5.74, 6) is 0.366. The molecule has 0 aliphatic heterocycles. The van der Waals surface area contributed by atoms with Gasteiger partial charge in [-0.15, -0.1) is 5.10 Å². The molecule has 2 unspecified atom stereocenters. The van der Waals surface area contributed by atoms with E-state index >= 15 is 0 Å². The van der Waals surface area contributed by atoms with Crippen molar-refractivity contribution >= 4 is 5.65 Å². The zero-order valence-electron chi connectivity index (χ0n) is 10.1. The van der Waals surface area contributed by atoms with Crippen LogP contribution in [-0.4, -0.2) is 25.2 Å². The molecule has 2 atom stereocenters. The summed E-state index contributed by atoms with van der Waals surface area (Å²) in [7, 11) is 0. The van der Waals surface area contributed by atoms with E-state index in [1.54, 1.807) is 18.6 Å². The zero-order chi connectivity index (χ0) is 12.4. The Morgan fingerprint density at radius 3 is 2.94 bits per heavy atom. The van der Waals surface area contributed by atoms with Crippen molar-refractivity contribution in [2.75, 3.05) is 0 Å². The maximum atomic E-state index is 12.0. The average Bonchev–Trinajstić information content (AvgIpc) is 2.66. The van der Waals surface area contributed by atoms with Gasteiger partial charge >= 0.3 is 5.69 Å². The van der Waals surface area contributed by atoms with E-state index in [4.69, 9.17) is 5.73 Å². The molecule has 0 aromatic carbocycles. The Hall–Kier alpha value is -1.69. The topological polar surface area (TPSA) is 78.2 Å². The first-order valence-electron chi connectivity index (χ1n) is 5.78. The summed E-state index contributed by atoms with van der Waals surface area (Å²) in [5.41, 5.74) is 6.41. The van der Waals surface area contributed by atoms with Gasteiger partial charge in [0.1, 0.15) is 0 Å². The monoisotopic (exact) mass is 235 g/mol. The molecule has 0 saturated heterocycles. The van der Waals surface area contributed by atoms with Crippen LogP contribution in [0.1, 0.15) is 20.3 Å². The van der Waals surface area contributed by atoms with Gasteiger partial charge in [0.15, 0.2) is 5.65 Å². The predicted octanol–water partition coefficient (Wildman–Crippen LogP) is 0.264. The van der Waals surface area contributed by atoms with Gasteiger partial charge in [-0.1, -0.05) is 20.3 Å². The Labute approximate surface area is 99.1 Å². The van der Waals surface area contributed by atoms with Crippen molar-refractivity contribution in [1.82, 2.24) is 19.2 Å². The van der Waals surface area contributed by atoms with Crippen molar-refractivity contribution in [3.8, 4) is 0 Å². The molecule has 0 saturated carbocycles. The lowest BCUT2D eigenvalue weighted by Crippen LogP contribution is -2.36. The van der Waals surface area contributed by atoms with E-state index in [-0.39, 0.29) is 11.7 Å². The molecule has 0 fully saturated rings. The van der Waals surface area contributed by atoms with Crippen molar-refractivity contribution < 1.29 is 0 Å². The molecule has 0 aliphatic carbocycles. The fraction of sp³-hybridized carbons (Fsp3) is 0.545. The maximum absolute atomic E-state index is 12.0. The van der Waals surface area contributed by atoms with Gasteiger partial charge in [0.05, 0.1) is 12.7 Å². The van der Waals surface area contributed by atoms with Gasteiger partial charge in [0.2, 0.25) is 0 Å². The number of hydrogen-bond donors (Lipinski definition) is 1. The minimum absolute atomic E-state index is 0.0597. The van der Waals surface area contributed by atoms with Crippen LogP contribution in [0.25, 0.3) is 5.65 Å². The van der Waals surface area contributed by atoms with Crippen LogP contribution in [-0.2, 0) is 6.54 Å². The molecule has 2 aromatic heterocycles. The van der Waals surface area contributed by atoms with Crippen LogP contribution in [0.2, 0.25) is 0 Å². The predicted molar refractivity (Wildman–Crippen MR) is 64.7 cm³/mol. The second-order valence-electron chi connectivity index (χ2n) is 4.32. The third-order valence-electron chi connectivity index (χ3n) is 3.15. The van der Waals surface area contributed by atoms with E-state index in [1.807, 2.05) is 0 Å². The standard InChI is InChI=1S/C11H17N5O/c1-3-8(2)9(12)7-16-11(17)15-5-4-13-6-10(15)14-16/h4-6,8-9H,3,7,12H2,1-2H3. The second kappa shape index (κ2) is 4.67. The molecule has 2 aromatic rings. The number of nitrogens with two attached hydrogens (primary N) is 1. The van der Waals surface area contributed by atoms with Crippen LogP contribution in [0.4, 0.5) is 0 Å². The number of hydrogen-bond acceptors (Lipinski definition) is 4. The van der Waals surface area contributed by atoms with E-state index in [9.17, 15) is 4.79 Å². The Kier molecular flexibility index (Phi) is 3.23. The molecular formula is C11H17N5O. The normalized spacial score (nSPS) is 15.0. The maximum Gasteiger partial charge on any atom is 0.350 e. The SMILES string of the molecule is CCC(C)C(N)Cn1nc2cnccn2c1=O. The van der Waals surface area contributed by atoms with Crippen molar-refractivity contribution in [2.24, 2.45) is 11.7 Å². The largest absolute Gasteiger partial charge is 0.350 e. The van der Waals surface area contributed by atoms with Crippen molar-refractivity contribution in [2.45, 2.75) is 32.9 Å². The van der Waals surface area contributed by atoms with Crippen molar-refractivity contribution in [1.29, 1.82) is 0 Å². The molecule has 2 rings (SSSR count). The summed E-state index contributed by atoms with van der Waals surface area (Å²) >= 11 is 0. The summed E-state index contributed by atoms with van der Waals surface area (Å²) in [4.78, 5) is 15.9. The van der Waals surface area contributed by atoms with Gasteiger partial charge < -0.3 is 5.73 Å². The molecule has 0 radical (unpaired) electrons. The van der Waals surface area contributed by atoms with Gasteiger partial charge in [-0.3, -0.25) is 4.98 Å². The number of nitrogens with zero attached hydrogens (tertiary/aromatic N) is 4. The smallest absolute Gasteiger partial charge is 0.326 e. The Morgan fingerprint density at radius 2 is 2.29 bits per heavy atom. The van der Waals surface area contributed by atoms with Gasteiger partial charge in [-0.2, -0.15) is 0 Å². The molecule has 17 heavy (non-hydrogen) atoms. The molecule has 0 spiro atoms. The Morgan fingerprint density at radius 1 is 1.53 bits per heavy atom. The van der Waals surface area contributed by atoms with Crippen LogP contribution in [0, 0.1) is 5.92 Å². The lowest BCUT2D eigenvalue weighted by molar-refractivity contribution is 0.376. The van der Waals surface area contributed by atoms with Gasteiger partial charge in [-0.25, -0.2) is 13.9 Å². The molecule has 6 heteroatoms. The van der Waals surface area contributed by atoms with E-state index in [0.29, 0.717) is 18.1 Å². The third-order valence-corrected chi connectivity index (χ3v) is 3.15. The van der Waals surface area contributed by atoms with Gasteiger partial charge in [-0.05, 0) is 5.92 Å². The van der Waals surface area contributed by atoms with E-state index in [1.165, 1.54) is 9.08 Å². The first-order valence-corrected chi connectivity index (χ1v) is 5.78. The van der Waals surface area contributed by atoms with Gasteiger partial charge in [0, 0.05) is 18.4 Å². The van der Waals surface area contributed by atoms with Crippen LogP contribution >= 0.6 is 0 Å². The van der Waals surface area contributed by atoms with Crippen LogP contribution < -0.4 is 11.4 Å². The minimum atomic E-state index is -0.166. The zero-order valence-corrected chi connectivity index (χ0v) is 10.1. The van der Waals surface area contributed by atoms with Crippen LogP contribution in [0.3, 0.4) is 0 Å². The highest BCUT2D eigenvalue weighted by Crippen LogP contribution is 2.06.